The quantitative estimate of drug-likeness (QED) is 0.632. The third kappa shape index (κ3) is 3.37. The summed E-state index contributed by atoms with van der Waals surface area (Å²) in [6.45, 7) is 3.70. The molecule has 0 heterocycles. The maximum absolute atomic E-state index is 6.07. The molecule has 1 unspecified atom stereocenters. The summed E-state index contributed by atoms with van der Waals surface area (Å²) < 4.78 is 2.31. The molecule has 14 heavy (non-hydrogen) atoms. The second kappa shape index (κ2) is 5.88. The van der Waals surface area contributed by atoms with E-state index in [0.29, 0.717) is 0 Å². The average molecular weight is 366 g/mol. The van der Waals surface area contributed by atoms with E-state index in [9.17, 15) is 0 Å². The molecule has 76 valence electrons. The Bertz CT molecular complexity index is 325. The highest BCUT2D eigenvalue weighted by Gasteiger charge is 2.09. The number of hydrogen-bond acceptors (Lipinski definition) is 1. The van der Waals surface area contributed by atoms with E-state index in [4.69, 9.17) is 5.73 Å². The first-order valence-corrected chi connectivity index (χ1v) is 6.33. The zero-order chi connectivity index (χ0) is 10.6. The Hall–Kier alpha value is 0.130. The first-order valence-electron chi connectivity index (χ1n) is 4.46. The van der Waals surface area contributed by atoms with Crippen LogP contribution in [0.4, 0.5) is 0 Å². The summed E-state index contributed by atoms with van der Waals surface area (Å²) in [6.07, 6.45) is 3.81. The van der Waals surface area contributed by atoms with Gasteiger partial charge < -0.3 is 5.73 Å². The number of rotatable bonds is 4. The Labute approximate surface area is 107 Å². The summed E-state index contributed by atoms with van der Waals surface area (Å²) in [5, 5.41) is 0. The molecule has 1 rings (SSSR count). The molecule has 0 aromatic heterocycles. The normalized spacial score (nSPS) is 12.5. The molecule has 0 aliphatic rings. The molecule has 1 aromatic carbocycles. The van der Waals surface area contributed by atoms with Gasteiger partial charge in [0.25, 0.3) is 0 Å². The Balaban J connectivity index is 2.82. The van der Waals surface area contributed by atoms with E-state index in [1.54, 1.807) is 0 Å². The lowest BCUT2D eigenvalue weighted by Crippen LogP contribution is -2.10. The molecule has 0 spiro atoms. The lowest BCUT2D eigenvalue weighted by molar-refractivity contribution is 0.658. The number of halogens is 2. The van der Waals surface area contributed by atoms with E-state index < -0.39 is 0 Å². The Morgan fingerprint density at radius 2 is 2.29 bits per heavy atom. The standard InChI is InChI=1S/C11H13BrIN/c1-2-3-4-11(14)9-7-8(13)5-6-10(9)12/h2,5-7,11H,1,3-4,14H2. The van der Waals surface area contributed by atoms with Gasteiger partial charge in [-0.05, 0) is 59.2 Å². The zero-order valence-electron chi connectivity index (χ0n) is 7.84. The van der Waals surface area contributed by atoms with Gasteiger partial charge in [-0.2, -0.15) is 0 Å². The van der Waals surface area contributed by atoms with Gasteiger partial charge in [0.2, 0.25) is 0 Å². The summed E-state index contributed by atoms with van der Waals surface area (Å²) >= 11 is 5.81. The third-order valence-corrected chi connectivity index (χ3v) is 3.43. The van der Waals surface area contributed by atoms with Gasteiger partial charge in [0.05, 0.1) is 0 Å². The van der Waals surface area contributed by atoms with E-state index in [1.165, 1.54) is 9.13 Å². The molecule has 0 fully saturated rings. The molecule has 0 bridgehead atoms. The van der Waals surface area contributed by atoms with Gasteiger partial charge >= 0.3 is 0 Å². The fourth-order valence-electron chi connectivity index (χ4n) is 1.25. The van der Waals surface area contributed by atoms with Gasteiger partial charge in [-0.3, -0.25) is 0 Å². The van der Waals surface area contributed by atoms with Crippen molar-refractivity contribution >= 4 is 38.5 Å². The van der Waals surface area contributed by atoms with Gasteiger partial charge in [0, 0.05) is 14.1 Å². The van der Waals surface area contributed by atoms with E-state index >= 15 is 0 Å². The number of hydrogen-bond donors (Lipinski definition) is 1. The molecule has 1 atom stereocenters. The fraction of sp³-hybridized carbons (Fsp3) is 0.273. The largest absolute Gasteiger partial charge is 0.324 e. The molecule has 1 nitrogen and oxygen atoms in total. The molecule has 0 aliphatic carbocycles. The van der Waals surface area contributed by atoms with Crippen LogP contribution in [0.3, 0.4) is 0 Å². The smallest absolute Gasteiger partial charge is 0.0309 e. The van der Waals surface area contributed by atoms with Crippen LogP contribution in [0.5, 0.6) is 0 Å². The minimum Gasteiger partial charge on any atom is -0.324 e. The van der Waals surface area contributed by atoms with Crippen molar-refractivity contribution < 1.29 is 0 Å². The molecule has 2 N–H and O–H groups in total. The first kappa shape index (κ1) is 12.2. The molecule has 0 radical (unpaired) electrons. The average Bonchev–Trinajstić information content (AvgIpc) is 2.18. The minimum absolute atomic E-state index is 0.0945. The van der Waals surface area contributed by atoms with Gasteiger partial charge in [-0.1, -0.05) is 22.0 Å². The maximum atomic E-state index is 6.07. The summed E-state index contributed by atoms with van der Waals surface area (Å²) in [6, 6.07) is 6.33. The summed E-state index contributed by atoms with van der Waals surface area (Å²) in [7, 11) is 0. The summed E-state index contributed by atoms with van der Waals surface area (Å²) in [4.78, 5) is 0. The van der Waals surface area contributed by atoms with Gasteiger partial charge in [0.15, 0.2) is 0 Å². The fourth-order valence-corrected chi connectivity index (χ4v) is 2.31. The van der Waals surface area contributed by atoms with Crippen molar-refractivity contribution in [3.8, 4) is 0 Å². The monoisotopic (exact) mass is 365 g/mol. The van der Waals surface area contributed by atoms with Gasteiger partial charge in [-0.15, -0.1) is 6.58 Å². The predicted octanol–water partition coefficient (Wildman–Crippen LogP) is 4.02. The topological polar surface area (TPSA) is 26.0 Å². The molecule has 0 aliphatic heterocycles. The highest BCUT2D eigenvalue weighted by Crippen LogP contribution is 2.26. The summed E-state index contributed by atoms with van der Waals surface area (Å²) in [5.74, 6) is 0. The van der Waals surface area contributed by atoms with Crippen LogP contribution in [0.25, 0.3) is 0 Å². The lowest BCUT2D eigenvalue weighted by atomic mass is 10.0. The van der Waals surface area contributed by atoms with Gasteiger partial charge in [-0.25, -0.2) is 0 Å². The molecule has 0 amide bonds. The highest BCUT2D eigenvalue weighted by molar-refractivity contribution is 14.1. The first-order chi connectivity index (χ1) is 6.65. The third-order valence-electron chi connectivity index (χ3n) is 2.04. The zero-order valence-corrected chi connectivity index (χ0v) is 11.6. The van der Waals surface area contributed by atoms with E-state index in [1.807, 2.05) is 12.1 Å². The molecule has 3 heteroatoms. The van der Waals surface area contributed by atoms with Crippen molar-refractivity contribution in [2.24, 2.45) is 5.73 Å². The molecular formula is C11H13BrIN. The Morgan fingerprint density at radius 1 is 1.57 bits per heavy atom. The van der Waals surface area contributed by atoms with E-state index in [-0.39, 0.29) is 6.04 Å². The van der Waals surface area contributed by atoms with Crippen molar-refractivity contribution in [1.82, 2.24) is 0 Å². The van der Waals surface area contributed by atoms with Crippen molar-refractivity contribution in [2.75, 3.05) is 0 Å². The molecular weight excluding hydrogens is 353 g/mol. The summed E-state index contributed by atoms with van der Waals surface area (Å²) in [5.41, 5.74) is 7.25. The lowest BCUT2D eigenvalue weighted by Gasteiger charge is -2.13. The van der Waals surface area contributed by atoms with Crippen molar-refractivity contribution in [3.05, 3.63) is 44.5 Å². The van der Waals surface area contributed by atoms with Crippen LogP contribution in [-0.4, -0.2) is 0 Å². The van der Waals surface area contributed by atoms with Crippen LogP contribution < -0.4 is 5.73 Å². The van der Waals surface area contributed by atoms with Gasteiger partial charge in [0.1, 0.15) is 0 Å². The van der Waals surface area contributed by atoms with Crippen molar-refractivity contribution in [1.29, 1.82) is 0 Å². The van der Waals surface area contributed by atoms with Crippen LogP contribution in [0.2, 0.25) is 0 Å². The number of nitrogens with two attached hydrogens (primary N) is 1. The van der Waals surface area contributed by atoms with Crippen LogP contribution in [0.15, 0.2) is 35.3 Å². The van der Waals surface area contributed by atoms with E-state index in [2.05, 4.69) is 57.2 Å². The number of benzene rings is 1. The van der Waals surface area contributed by atoms with E-state index in [0.717, 1.165) is 17.3 Å². The number of allylic oxidation sites excluding steroid dienone is 1. The van der Waals surface area contributed by atoms with Crippen LogP contribution in [-0.2, 0) is 0 Å². The van der Waals surface area contributed by atoms with Crippen LogP contribution >= 0.6 is 38.5 Å². The van der Waals surface area contributed by atoms with Crippen molar-refractivity contribution in [3.63, 3.8) is 0 Å². The molecule has 0 saturated carbocycles. The van der Waals surface area contributed by atoms with Crippen molar-refractivity contribution in [2.45, 2.75) is 18.9 Å². The minimum atomic E-state index is 0.0945. The second-order valence-corrected chi connectivity index (χ2v) is 5.24. The predicted molar refractivity (Wildman–Crippen MR) is 73.2 cm³/mol. The Kier molecular flexibility index (Phi) is 5.12. The maximum Gasteiger partial charge on any atom is 0.0309 e. The Morgan fingerprint density at radius 3 is 2.93 bits per heavy atom. The molecule has 1 aromatic rings. The van der Waals surface area contributed by atoms with Crippen LogP contribution in [0, 0.1) is 3.57 Å². The SMILES string of the molecule is C=CCCC(N)c1cc(I)ccc1Br. The van der Waals surface area contributed by atoms with Crippen LogP contribution in [0.1, 0.15) is 24.4 Å². The molecule has 0 saturated heterocycles. The highest BCUT2D eigenvalue weighted by atomic mass is 127. The second-order valence-electron chi connectivity index (χ2n) is 3.14.